The number of halogens is 1. The Hall–Kier alpha value is -0.730. The van der Waals surface area contributed by atoms with Gasteiger partial charge in [0, 0.05) is 17.5 Å². The Kier molecular flexibility index (Phi) is 2.56. The zero-order chi connectivity index (χ0) is 11.1. The Bertz CT molecular complexity index is 415. The third-order valence-corrected chi connectivity index (χ3v) is 3.73. The average molecular weight is 238 g/mol. The van der Waals surface area contributed by atoms with E-state index in [1.807, 2.05) is 12.1 Å². The molecule has 1 aliphatic heterocycles. The first-order chi connectivity index (χ1) is 7.74. The second kappa shape index (κ2) is 3.94. The molecule has 3 rings (SSSR count). The number of ether oxygens (including phenoxy) is 1. The smallest absolute Gasteiger partial charge is 0.125 e. The number of fused-ring (bicyclic) bond motifs is 1. The SMILES string of the molecule is NC(Cc1cc(Cl)cc2c1OCC2)C1CC1. The Morgan fingerprint density at radius 3 is 3.00 bits per heavy atom. The molecule has 0 saturated heterocycles. The Labute approximate surface area is 101 Å². The maximum absolute atomic E-state index is 6.16. The summed E-state index contributed by atoms with van der Waals surface area (Å²) in [4.78, 5) is 0. The van der Waals surface area contributed by atoms with E-state index in [1.165, 1.54) is 24.0 Å². The fourth-order valence-corrected chi connectivity index (χ4v) is 2.71. The molecule has 3 heteroatoms. The Morgan fingerprint density at radius 2 is 2.25 bits per heavy atom. The second-order valence-electron chi connectivity index (χ2n) is 4.86. The molecule has 86 valence electrons. The van der Waals surface area contributed by atoms with E-state index in [0.717, 1.165) is 36.1 Å². The molecule has 1 atom stereocenters. The predicted octanol–water partition coefficient (Wildman–Crippen LogP) is 2.55. The predicted molar refractivity (Wildman–Crippen MR) is 65.1 cm³/mol. The van der Waals surface area contributed by atoms with Gasteiger partial charge in [0.25, 0.3) is 0 Å². The van der Waals surface area contributed by atoms with Crippen LogP contribution in [0.2, 0.25) is 5.02 Å². The summed E-state index contributed by atoms with van der Waals surface area (Å²) in [6.07, 6.45) is 4.44. The summed E-state index contributed by atoms with van der Waals surface area (Å²) >= 11 is 6.11. The molecule has 2 nitrogen and oxygen atoms in total. The highest BCUT2D eigenvalue weighted by Crippen LogP contribution is 2.37. The van der Waals surface area contributed by atoms with E-state index in [-0.39, 0.29) is 6.04 Å². The normalized spacial score (nSPS) is 20.4. The van der Waals surface area contributed by atoms with Gasteiger partial charge in [0.15, 0.2) is 0 Å². The standard InChI is InChI=1S/C13H16ClNO/c14-11-5-9-3-4-16-13(9)10(6-11)7-12(15)8-1-2-8/h5-6,8,12H,1-4,7,15H2. The Balaban J connectivity index is 1.87. The van der Waals surface area contributed by atoms with Crippen LogP contribution in [0.4, 0.5) is 0 Å². The van der Waals surface area contributed by atoms with Crippen molar-refractivity contribution in [3.63, 3.8) is 0 Å². The van der Waals surface area contributed by atoms with Crippen LogP contribution in [0.25, 0.3) is 0 Å². The van der Waals surface area contributed by atoms with E-state index >= 15 is 0 Å². The van der Waals surface area contributed by atoms with Gasteiger partial charge in [-0.25, -0.2) is 0 Å². The van der Waals surface area contributed by atoms with Gasteiger partial charge in [-0.2, -0.15) is 0 Å². The van der Waals surface area contributed by atoms with Gasteiger partial charge in [0.2, 0.25) is 0 Å². The number of hydrogen-bond donors (Lipinski definition) is 1. The van der Waals surface area contributed by atoms with Crippen molar-refractivity contribution in [2.75, 3.05) is 6.61 Å². The number of hydrogen-bond acceptors (Lipinski definition) is 2. The highest BCUT2D eigenvalue weighted by atomic mass is 35.5. The first-order valence-electron chi connectivity index (χ1n) is 5.94. The molecule has 1 unspecified atom stereocenters. The summed E-state index contributed by atoms with van der Waals surface area (Å²) in [5.74, 6) is 1.76. The van der Waals surface area contributed by atoms with Gasteiger partial charge in [-0.15, -0.1) is 0 Å². The van der Waals surface area contributed by atoms with E-state index in [2.05, 4.69) is 0 Å². The molecule has 1 aromatic carbocycles. The van der Waals surface area contributed by atoms with Crippen LogP contribution >= 0.6 is 11.6 Å². The molecule has 1 heterocycles. The quantitative estimate of drug-likeness (QED) is 0.877. The third kappa shape index (κ3) is 1.92. The Morgan fingerprint density at radius 1 is 1.44 bits per heavy atom. The fourth-order valence-electron chi connectivity index (χ4n) is 2.44. The molecule has 2 N–H and O–H groups in total. The van der Waals surface area contributed by atoms with E-state index in [4.69, 9.17) is 22.1 Å². The van der Waals surface area contributed by atoms with Crippen molar-refractivity contribution in [1.82, 2.24) is 0 Å². The molecule has 0 spiro atoms. The van der Waals surface area contributed by atoms with Gasteiger partial charge in [-0.1, -0.05) is 11.6 Å². The summed E-state index contributed by atoms with van der Waals surface area (Å²) in [5.41, 5.74) is 8.59. The van der Waals surface area contributed by atoms with Crippen molar-refractivity contribution in [3.8, 4) is 5.75 Å². The second-order valence-corrected chi connectivity index (χ2v) is 5.29. The molecule has 0 amide bonds. The van der Waals surface area contributed by atoms with E-state index in [0.29, 0.717) is 0 Å². The summed E-state index contributed by atoms with van der Waals surface area (Å²) in [6.45, 7) is 0.779. The molecule has 1 saturated carbocycles. The topological polar surface area (TPSA) is 35.2 Å². The summed E-state index contributed by atoms with van der Waals surface area (Å²) in [5, 5.41) is 0.808. The molecule has 16 heavy (non-hydrogen) atoms. The summed E-state index contributed by atoms with van der Waals surface area (Å²) in [7, 11) is 0. The zero-order valence-electron chi connectivity index (χ0n) is 9.21. The molecule has 0 radical (unpaired) electrons. The minimum absolute atomic E-state index is 0.270. The molecule has 1 fully saturated rings. The zero-order valence-corrected chi connectivity index (χ0v) is 9.96. The van der Waals surface area contributed by atoms with Crippen molar-refractivity contribution < 1.29 is 4.74 Å². The lowest BCUT2D eigenvalue weighted by atomic mass is 9.99. The third-order valence-electron chi connectivity index (χ3n) is 3.51. The van der Waals surface area contributed by atoms with Gasteiger partial charge in [-0.3, -0.25) is 0 Å². The van der Waals surface area contributed by atoms with Crippen LogP contribution < -0.4 is 10.5 Å². The molecule has 1 aliphatic carbocycles. The van der Waals surface area contributed by atoms with Crippen molar-refractivity contribution >= 4 is 11.6 Å². The maximum atomic E-state index is 6.16. The van der Waals surface area contributed by atoms with Crippen LogP contribution in [0.15, 0.2) is 12.1 Å². The van der Waals surface area contributed by atoms with E-state index in [9.17, 15) is 0 Å². The van der Waals surface area contributed by atoms with Crippen molar-refractivity contribution in [2.24, 2.45) is 11.7 Å². The van der Waals surface area contributed by atoms with Gasteiger partial charge < -0.3 is 10.5 Å². The molecule has 0 aromatic heterocycles. The van der Waals surface area contributed by atoms with Crippen LogP contribution in [-0.4, -0.2) is 12.6 Å². The summed E-state index contributed by atoms with van der Waals surface area (Å²) < 4.78 is 5.67. The van der Waals surface area contributed by atoms with Crippen molar-refractivity contribution in [3.05, 3.63) is 28.3 Å². The van der Waals surface area contributed by atoms with E-state index < -0.39 is 0 Å². The van der Waals surface area contributed by atoms with Gasteiger partial charge in [-0.05, 0) is 48.4 Å². The van der Waals surface area contributed by atoms with Crippen LogP contribution in [0.5, 0.6) is 5.75 Å². The number of nitrogens with two attached hydrogens (primary N) is 1. The number of benzene rings is 1. The summed E-state index contributed by atoms with van der Waals surface area (Å²) in [6, 6.07) is 4.29. The van der Waals surface area contributed by atoms with Crippen LogP contribution in [0.1, 0.15) is 24.0 Å². The molecule has 0 bridgehead atoms. The first kappa shape index (κ1) is 10.4. The van der Waals surface area contributed by atoms with Crippen LogP contribution in [0.3, 0.4) is 0 Å². The average Bonchev–Trinajstić information content (AvgIpc) is 2.98. The largest absolute Gasteiger partial charge is 0.493 e. The lowest BCUT2D eigenvalue weighted by molar-refractivity contribution is 0.352. The monoisotopic (exact) mass is 237 g/mol. The fraction of sp³-hybridized carbons (Fsp3) is 0.538. The van der Waals surface area contributed by atoms with Crippen LogP contribution in [-0.2, 0) is 12.8 Å². The lowest BCUT2D eigenvalue weighted by Crippen LogP contribution is -2.25. The van der Waals surface area contributed by atoms with Gasteiger partial charge in [0.1, 0.15) is 5.75 Å². The first-order valence-corrected chi connectivity index (χ1v) is 6.31. The van der Waals surface area contributed by atoms with Crippen molar-refractivity contribution in [2.45, 2.75) is 31.7 Å². The highest BCUT2D eigenvalue weighted by Gasteiger charge is 2.30. The molecule has 2 aliphatic rings. The maximum Gasteiger partial charge on any atom is 0.125 e. The van der Waals surface area contributed by atoms with Gasteiger partial charge >= 0.3 is 0 Å². The lowest BCUT2D eigenvalue weighted by Gasteiger charge is -2.13. The highest BCUT2D eigenvalue weighted by molar-refractivity contribution is 6.30. The van der Waals surface area contributed by atoms with Crippen molar-refractivity contribution in [1.29, 1.82) is 0 Å². The van der Waals surface area contributed by atoms with Gasteiger partial charge in [0.05, 0.1) is 6.61 Å². The minimum atomic E-state index is 0.270. The minimum Gasteiger partial charge on any atom is -0.493 e. The number of rotatable bonds is 3. The molecule has 1 aromatic rings. The molecular weight excluding hydrogens is 222 g/mol. The van der Waals surface area contributed by atoms with E-state index in [1.54, 1.807) is 0 Å². The van der Waals surface area contributed by atoms with Crippen LogP contribution in [0, 0.1) is 5.92 Å². The molecular formula is C13H16ClNO.